The van der Waals surface area contributed by atoms with Crippen molar-refractivity contribution >= 4 is 47.7 Å². The first-order valence-electron chi connectivity index (χ1n) is 16.1. The minimum Gasteiger partial charge on any atom is -0.497 e. The SMILES string of the molecule is COc1ccc([PH+](c2ccc(OC)cc2)c2ccc(OC)cc2)cc1.COc1ccc([PH+](c2ccc(OC)cc2)c2ccc(OC)cc2)cc1.[Co]. The summed E-state index contributed by atoms with van der Waals surface area (Å²) in [4.78, 5) is 0. The van der Waals surface area contributed by atoms with Crippen LogP contribution in [0.1, 0.15) is 0 Å². The molecule has 0 unspecified atom stereocenters. The van der Waals surface area contributed by atoms with Crippen LogP contribution in [0.5, 0.6) is 34.5 Å². The van der Waals surface area contributed by atoms with Gasteiger partial charge in [0.2, 0.25) is 0 Å². The Hall–Kier alpha value is -4.51. The van der Waals surface area contributed by atoms with E-state index in [1.807, 2.05) is 72.8 Å². The van der Waals surface area contributed by atoms with Gasteiger partial charge in [-0.1, -0.05) is 0 Å². The average Bonchev–Trinajstić information content (AvgIpc) is 3.20. The quantitative estimate of drug-likeness (QED) is 0.135. The van der Waals surface area contributed by atoms with Crippen LogP contribution in [0, 0.1) is 0 Å². The molecule has 0 saturated carbocycles. The van der Waals surface area contributed by atoms with Crippen molar-refractivity contribution in [1.29, 1.82) is 0 Å². The molecular formula is C42H44CoO6P2+2. The molecule has 265 valence electrons. The fraction of sp³-hybridized carbons (Fsp3) is 0.143. The second-order valence-electron chi connectivity index (χ2n) is 11.1. The van der Waals surface area contributed by atoms with Crippen LogP contribution in [0.4, 0.5) is 0 Å². The van der Waals surface area contributed by atoms with Gasteiger partial charge in [0, 0.05) is 16.8 Å². The molecule has 1 radical (unpaired) electrons. The van der Waals surface area contributed by atoms with Crippen molar-refractivity contribution in [2.24, 2.45) is 0 Å². The molecule has 0 saturated heterocycles. The molecule has 6 aromatic carbocycles. The molecule has 6 nitrogen and oxygen atoms in total. The summed E-state index contributed by atoms with van der Waals surface area (Å²) in [5.74, 6) is 5.22. The van der Waals surface area contributed by atoms with E-state index in [0.29, 0.717) is 0 Å². The zero-order valence-corrected chi connectivity index (χ0v) is 32.7. The molecule has 0 spiro atoms. The van der Waals surface area contributed by atoms with E-state index in [2.05, 4.69) is 72.8 Å². The van der Waals surface area contributed by atoms with Crippen molar-refractivity contribution in [3.05, 3.63) is 146 Å². The molecule has 0 heterocycles. The molecule has 0 aromatic heterocycles. The summed E-state index contributed by atoms with van der Waals surface area (Å²) in [6.45, 7) is 0. The van der Waals surface area contributed by atoms with Gasteiger partial charge in [-0.15, -0.1) is 0 Å². The van der Waals surface area contributed by atoms with Crippen LogP contribution in [0.25, 0.3) is 0 Å². The van der Waals surface area contributed by atoms with Gasteiger partial charge in [-0.25, -0.2) is 0 Å². The second-order valence-corrected chi connectivity index (χ2v) is 16.1. The summed E-state index contributed by atoms with van der Waals surface area (Å²) in [5, 5.41) is 7.84. The van der Waals surface area contributed by atoms with Gasteiger partial charge in [-0.05, 0) is 146 Å². The van der Waals surface area contributed by atoms with Crippen molar-refractivity contribution in [2.45, 2.75) is 0 Å². The van der Waals surface area contributed by atoms with Crippen LogP contribution in [0.15, 0.2) is 146 Å². The minimum atomic E-state index is -1.12. The Kier molecular flexibility index (Phi) is 15.2. The number of rotatable bonds is 12. The third-order valence-electron chi connectivity index (χ3n) is 8.27. The van der Waals surface area contributed by atoms with Crippen LogP contribution in [-0.2, 0) is 16.8 Å². The smallest absolute Gasteiger partial charge is 0.119 e. The van der Waals surface area contributed by atoms with Crippen molar-refractivity contribution in [3.8, 4) is 34.5 Å². The standard InChI is InChI=1S/2C21H21O3P.Co/c2*1-22-16-4-10-19(11-5-16)25(20-12-6-17(23-2)7-13-20)21-14-8-18(24-3)9-15-21;/h2*4-15H,1-3H3;/p+2. The topological polar surface area (TPSA) is 55.4 Å². The van der Waals surface area contributed by atoms with Crippen LogP contribution in [0.2, 0.25) is 0 Å². The molecule has 0 amide bonds. The first-order valence-corrected chi connectivity index (χ1v) is 19.1. The van der Waals surface area contributed by atoms with Gasteiger partial charge in [0.1, 0.15) is 66.3 Å². The summed E-state index contributed by atoms with van der Waals surface area (Å²) in [6, 6.07) is 50.1. The number of methoxy groups -OCH3 is 6. The first kappa shape index (κ1) is 39.3. The molecule has 0 bridgehead atoms. The first-order chi connectivity index (χ1) is 24.5. The molecule has 0 N–H and O–H groups in total. The van der Waals surface area contributed by atoms with E-state index < -0.39 is 15.8 Å². The summed E-state index contributed by atoms with van der Waals surface area (Å²) >= 11 is 0. The van der Waals surface area contributed by atoms with Crippen molar-refractivity contribution in [3.63, 3.8) is 0 Å². The van der Waals surface area contributed by atoms with Gasteiger partial charge < -0.3 is 28.4 Å². The van der Waals surface area contributed by atoms with Crippen LogP contribution in [0.3, 0.4) is 0 Å². The third kappa shape index (κ3) is 10.3. The van der Waals surface area contributed by atoms with E-state index in [1.165, 1.54) is 31.8 Å². The monoisotopic (exact) mass is 765 g/mol. The maximum Gasteiger partial charge on any atom is 0.119 e. The molecule has 9 heteroatoms. The number of benzene rings is 6. The van der Waals surface area contributed by atoms with E-state index in [0.717, 1.165) is 34.5 Å². The molecule has 0 aliphatic heterocycles. The second kappa shape index (κ2) is 19.8. The van der Waals surface area contributed by atoms with Crippen molar-refractivity contribution in [1.82, 2.24) is 0 Å². The average molecular weight is 766 g/mol. The summed E-state index contributed by atoms with van der Waals surface area (Å²) in [7, 11) is 7.89. The fourth-order valence-electron chi connectivity index (χ4n) is 5.55. The van der Waals surface area contributed by atoms with E-state index in [-0.39, 0.29) is 16.8 Å². The normalized spacial score (nSPS) is 10.4. The predicted octanol–water partition coefficient (Wildman–Crippen LogP) is 6.40. The summed E-state index contributed by atoms with van der Waals surface area (Å²) < 4.78 is 31.8. The third-order valence-corrected chi connectivity index (χ3v) is 13.7. The summed E-state index contributed by atoms with van der Waals surface area (Å²) in [6.07, 6.45) is 0. The minimum absolute atomic E-state index is 0. The van der Waals surface area contributed by atoms with Crippen LogP contribution in [-0.4, -0.2) is 42.7 Å². The maximum absolute atomic E-state index is 5.30. The van der Waals surface area contributed by atoms with E-state index in [9.17, 15) is 0 Å². The van der Waals surface area contributed by atoms with Gasteiger partial charge in [0.15, 0.2) is 0 Å². The maximum atomic E-state index is 5.30. The van der Waals surface area contributed by atoms with Gasteiger partial charge in [-0.2, -0.15) is 0 Å². The molecule has 0 fully saturated rings. The van der Waals surface area contributed by atoms with E-state index in [4.69, 9.17) is 28.4 Å². The zero-order valence-electron chi connectivity index (χ0n) is 29.6. The zero-order chi connectivity index (χ0) is 35.3. The van der Waals surface area contributed by atoms with Gasteiger partial charge in [0.25, 0.3) is 0 Å². The Balaban J connectivity index is 0.000000224. The fourth-order valence-corrected chi connectivity index (χ4v) is 10.5. The molecule has 0 atom stereocenters. The summed E-state index contributed by atoms with van der Waals surface area (Å²) in [5.41, 5.74) is 0. The van der Waals surface area contributed by atoms with Gasteiger partial charge in [0.05, 0.1) is 58.5 Å². The molecular weight excluding hydrogens is 721 g/mol. The molecule has 6 rings (SSSR count). The Bertz CT molecular complexity index is 1520. The van der Waals surface area contributed by atoms with Crippen molar-refractivity contribution < 1.29 is 45.2 Å². The number of ether oxygens (including phenoxy) is 6. The largest absolute Gasteiger partial charge is 0.497 e. The number of hydrogen-bond donors (Lipinski definition) is 0. The van der Waals surface area contributed by atoms with E-state index >= 15 is 0 Å². The van der Waals surface area contributed by atoms with Gasteiger partial charge >= 0.3 is 0 Å². The predicted molar refractivity (Wildman–Crippen MR) is 212 cm³/mol. The Morgan fingerprint density at radius 3 is 0.451 bits per heavy atom. The van der Waals surface area contributed by atoms with Crippen molar-refractivity contribution in [2.75, 3.05) is 42.7 Å². The van der Waals surface area contributed by atoms with Gasteiger partial charge in [-0.3, -0.25) is 0 Å². The van der Waals surface area contributed by atoms with Crippen LogP contribution < -0.4 is 60.2 Å². The van der Waals surface area contributed by atoms with E-state index in [1.54, 1.807) is 42.7 Å². The molecule has 6 aromatic rings. The molecule has 51 heavy (non-hydrogen) atoms. The molecule has 0 aliphatic carbocycles. The Labute approximate surface area is 314 Å². The number of hydrogen-bond acceptors (Lipinski definition) is 6. The Morgan fingerprint density at radius 2 is 0.353 bits per heavy atom. The van der Waals surface area contributed by atoms with Crippen LogP contribution >= 0.6 is 15.8 Å². The Morgan fingerprint density at radius 1 is 0.235 bits per heavy atom. The molecule has 0 aliphatic rings.